The molecule has 0 saturated carbocycles. The molecule has 0 radical (unpaired) electrons. The second-order valence-corrected chi connectivity index (χ2v) is 6.71. The lowest BCUT2D eigenvalue weighted by atomic mass is 10.2. The summed E-state index contributed by atoms with van der Waals surface area (Å²) in [4.78, 5) is 13.1. The number of nitrogens with zero attached hydrogens (tertiary/aromatic N) is 3. The van der Waals surface area contributed by atoms with Gasteiger partial charge >= 0.3 is 0 Å². The van der Waals surface area contributed by atoms with E-state index in [2.05, 4.69) is 25.6 Å². The van der Waals surface area contributed by atoms with Gasteiger partial charge in [-0.3, -0.25) is 4.99 Å². The van der Waals surface area contributed by atoms with Crippen LogP contribution in [0.5, 0.6) is 0 Å². The van der Waals surface area contributed by atoms with E-state index in [1.54, 1.807) is 30.7 Å². The van der Waals surface area contributed by atoms with Gasteiger partial charge in [0.25, 0.3) is 0 Å². The molecule has 0 amide bonds. The van der Waals surface area contributed by atoms with Gasteiger partial charge in [-0.05, 0) is 49.2 Å². The van der Waals surface area contributed by atoms with E-state index in [1.807, 2.05) is 13.0 Å². The van der Waals surface area contributed by atoms with Crippen LogP contribution in [-0.4, -0.2) is 35.6 Å². The zero-order valence-corrected chi connectivity index (χ0v) is 16.9. The number of hydrogen-bond acceptors (Lipinski definition) is 4. The number of benzene rings is 1. The SMILES string of the molecule is CCNC(=NCCc1coc(-c2ccc(F)cc2)n1)NCCc1ccc(Cl)nc1. The van der Waals surface area contributed by atoms with Gasteiger partial charge in [-0.15, -0.1) is 0 Å². The lowest BCUT2D eigenvalue weighted by Gasteiger charge is -2.11. The van der Waals surface area contributed by atoms with Gasteiger partial charge in [-0.25, -0.2) is 14.4 Å². The predicted octanol–water partition coefficient (Wildman–Crippen LogP) is 3.87. The molecule has 0 aliphatic carbocycles. The molecule has 2 aromatic heterocycles. The quantitative estimate of drug-likeness (QED) is 0.332. The third kappa shape index (κ3) is 6.57. The maximum absolute atomic E-state index is 13.0. The van der Waals surface area contributed by atoms with Crippen LogP contribution in [0, 0.1) is 5.82 Å². The van der Waals surface area contributed by atoms with E-state index in [1.165, 1.54) is 12.1 Å². The Morgan fingerprint density at radius 3 is 2.69 bits per heavy atom. The number of oxazole rings is 1. The lowest BCUT2D eigenvalue weighted by molar-refractivity contribution is 0.572. The Morgan fingerprint density at radius 1 is 1.14 bits per heavy atom. The van der Waals surface area contributed by atoms with E-state index >= 15 is 0 Å². The Bertz CT molecular complexity index is 925. The molecular formula is C21H23ClFN5O. The van der Waals surface area contributed by atoms with Gasteiger partial charge < -0.3 is 15.1 Å². The van der Waals surface area contributed by atoms with E-state index in [9.17, 15) is 4.39 Å². The smallest absolute Gasteiger partial charge is 0.226 e. The normalized spacial score (nSPS) is 11.5. The number of pyridine rings is 1. The molecular weight excluding hydrogens is 393 g/mol. The molecule has 3 rings (SSSR count). The number of halogens is 2. The summed E-state index contributed by atoms with van der Waals surface area (Å²) >= 11 is 5.80. The van der Waals surface area contributed by atoms with Crippen LogP contribution in [0.25, 0.3) is 11.5 Å². The first-order chi connectivity index (χ1) is 14.1. The number of aliphatic imine (C=N–C) groups is 1. The van der Waals surface area contributed by atoms with Crippen molar-refractivity contribution in [2.45, 2.75) is 19.8 Å². The molecule has 0 fully saturated rings. The maximum Gasteiger partial charge on any atom is 0.226 e. The second kappa shape index (κ2) is 10.6. The summed E-state index contributed by atoms with van der Waals surface area (Å²) in [6.07, 6.45) is 4.85. The van der Waals surface area contributed by atoms with Crippen LogP contribution in [0.4, 0.5) is 4.39 Å². The first kappa shape index (κ1) is 20.8. The minimum Gasteiger partial charge on any atom is -0.444 e. The molecule has 8 heteroatoms. The van der Waals surface area contributed by atoms with Crippen molar-refractivity contribution in [3.63, 3.8) is 0 Å². The summed E-state index contributed by atoms with van der Waals surface area (Å²) < 4.78 is 18.5. The highest BCUT2D eigenvalue weighted by Crippen LogP contribution is 2.19. The van der Waals surface area contributed by atoms with Crippen molar-refractivity contribution in [2.75, 3.05) is 19.6 Å². The topological polar surface area (TPSA) is 75.3 Å². The van der Waals surface area contributed by atoms with Gasteiger partial charge in [0.1, 0.15) is 17.2 Å². The fourth-order valence-electron chi connectivity index (χ4n) is 2.65. The number of rotatable bonds is 8. The Hall–Kier alpha value is -2.93. The van der Waals surface area contributed by atoms with E-state index in [0.717, 1.165) is 42.3 Å². The van der Waals surface area contributed by atoms with Crippen molar-refractivity contribution >= 4 is 17.6 Å². The summed E-state index contributed by atoms with van der Waals surface area (Å²) in [7, 11) is 0. The first-order valence-electron chi connectivity index (χ1n) is 9.47. The van der Waals surface area contributed by atoms with Crippen molar-refractivity contribution in [1.29, 1.82) is 0 Å². The highest BCUT2D eigenvalue weighted by molar-refractivity contribution is 6.29. The Kier molecular flexibility index (Phi) is 7.58. The zero-order chi connectivity index (χ0) is 20.5. The molecule has 0 aliphatic rings. The summed E-state index contributed by atoms with van der Waals surface area (Å²) in [6, 6.07) is 9.81. The Labute approximate surface area is 174 Å². The monoisotopic (exact) mass is 415 g/mol. The average molecular weight is 416 g/mol. The van der Waals surface area contributed by atoms with Crippen LogP contribution < -0.4 is 10.6 Å². The fraction of sp³-hybridized carbons (Fsp3) is 0.286. The molecule has 3 aromatic rings. The van der Waals surface area contributed by atoms with Crippen LogP contribution in [-0.2, 0) is 12.8 Å². The minimum absolute atomic E-state index is 0.286. The zero-order valence-electron chi connectivity index (χ0n) is 16.2. The largest absolute Gasteiger partial charge is 0.444 e. The Balaban J connectivity index is 1.49. The van der Waals surface area contributed by atoms with Crippen LogP contribution >= 0.6 is 11.6 Å². The molecule has 0 bridgehead atoms. The summed E-state index contributed by atoms with van der Waals surface area (Å²) in [5.41, 5.74) is 2.65. The van der Waals surface area contributed by atoms with E-state index in [4.69, 9.17) is 16.0 Å². The first-order valence-corrected chi connectivity index (χ1v) is 9.85. The van der Waals surface area contributed by atoms with E-state index < -0.39 is 0 Å². The van der Waals surface area contributed by atoms with Crippen LogP contribution in [0.1, 0.15) is 18.2 Å². The highest BCUT2D eigenvalue weighted by atomic mass is 35.5. The molecule has 0 atom stereocenters. The Morgan fingerprint density at radius 2 is 1.97 bits per heavy atom. The minimum atomic E-state index is -0.286. The predicted molar refractivity (Wildman–Crippen MR) is 113 cm³/mol. The molecule has 0 saturated heterocycles. The molecule has 0 aliphatic heterocycles. The summed E-state index contributed by atoms with van der Waals surface area (Å²) in [5.74, 6) is 0.938. The van der Waals surface area contributed by atoms with Crippen molar-refractivity contribution in [3.05, 3.63) is 71.1 Å². The molecule has 2 N–H and O–H groups in total. The van der Waals surface area contributed by atoms with Crippen molar-refractivity contribution in [2.24, 2.45) is 4.99 Å². The fourth-order valence-corrected chi connectivity index (χ4v) is 2.76. The van der Waals surface area contributed by atoms with Crippen molar-refractivity contribution in [3.8, 4) is 11.5 Å². The second-order valence-electron chi connectivity index (χ2n) is 6.33. The van der Waals surface area contributed by atoms with Gasteiger partial charge in [-0.2, -0.15) is 0 Å². The molecule has 0 unspecified atom stereocenters. The third-order valence-electron chi connectivity index (χ3n) is 4.12. The molecule has 29 heavy (non-hydrogen) atoms. The average Bonchev–Trinajstić information content (AvgIpc) is 3.19. The maximum atomic E-state index is 13.0. The molecule has 1 aromatic carbocycles. The van der Waals surface area contributed by atoms with Crippen molar-refractivity contribution < 1.29 is 8.81 Å². The lowest BCUT2D eigenvalue weighted by Crippen LogP contribution is -2.38. The van der Waals surface area contributed by atoms with Crippen LogP contribution in [0.2, 0.25) is 5.15 Å². The van der Waals surface area contributed by atoms with Gasteiger partial charge in [0.15, 0.2) is 5.96 Å². The molecule has 0 spiro atoms. The molecule has 2 heterocycles. The number of nitrogens with one attached hydrogen (secondary N) is 2. The summed E-state index contributed by atoms with van der Waals surface area (Å²) in [6.45, 7) is 4.08. The summed E-state index contributed by atoms with van der Waals surface area (Å²) in [5, 5.41) is 7.02. The standard InChI is InChI=1S/C21H23ClFN5O/c1-2-24-21(25-11-9-15-3-8-19(22)27-13-15)26-12-10-18-14-29-20(28-18)16-4-6-17(23)7-5-16/h3-8,13-14H,2,9-12H2,1H3,(H2,24,25,26). The van der Waals surface area contributed by atoms with E-state index in [-0.39, 0.29) is 5.82 Å². The molecule has 152 valence electrons. The number of aromatic nitrogens is 2. The van der Waals surface area contributed by atoms with E-state index in [0.29, 0.717) is 24.0 Å². The molecule has 6 nitrogen and oxygen atoms in total. The van der Waals surface area contributed by atoms with Gasteiger partial charge in [-0.1, -0.05) is 17.7 Å². The highest BCUT2D eigenvalue weighted by Gasteiger charge is 2.07. The van der Waals surface area contributed by atoms with Gasteiger partial charge in [0.05, 0.1) is 5.69 Å². The van der Waals surface area contributed by atoms with Gasteiger partial charge in [0, 0.05) is 37.8 Å². The third-order valence-corrected chi connectivity index (χ3v) is 4.34. The van der Waals surface area contributed by atoms with Crippen molar-refractivity contribution in [1.82, 2.24) is 20.6 Å². The van der Waals surface area contributed by atoms with Crippen LogP contribution in [0.3, 0.4) is 0 Å². The number of guanidine groups is 1. The van der Waals surface area contributed by atoms with Crippen LogP contribution in [0.15, 0.2) is 58.3 Å². The number of hydrogen-bond donors (Lipinski definition) is 2. The van der Waals surface area contributed by atoms with Gasteiger partial charge in [0.2, 0.25) is 5.89 Å².